The second kappa shape index (κ2) is 6.42. The predicted octanol–water partition coefficient (Wildman–Crippen LogP) is 3.52. The number of hydrogen-bond acceptors (Lipinski definition) is 3. The molecule has 1 atom stereocenters. The Balaban J connectivity index is 2.04. The molecule has 0 spiro atoms. The van der Waals surface area contributed by atoms with Gasteiger partial charge in [0, 0.05) is 19.3 Å². The number of carbonyl (C=O) groups is 1. The highest BCUT2D eigenvalue weighted by Gasteiger charge is 2.33. The average molecular weight is 310 g/mol. The summed E-state index contributed by atoms with van der Waals surface area (Å²) < 4.78 is 5.19. The fraction of sp³-hybridized carbons (Fsp3) is 0.316. The van der Waals surface area contributed by atoms with Crippen molar-refractivity contribution in [2.45, 2.75) is 20.0 Å². The van der Waals surface area contributed by atoms with E-state index in [4.69, 9.17) is 4.74 Å². The van der Waals surface area contributed by atoms with Crippen LogP contribution >= 0.6 is 0 Å². The van der Waals surface area contributed by atoms with Gasteiger partial charge in [-0.05, 0) is 37.1 Å². The van der Waals surface area contributed by atoms with Gasteiger partial charge in [0.15, 0.2) is 0 Å². The monoisotopic (exact) mass is 310 g/mol. The van der Waals surface area contributed by atoms with Crippen molar-refractivity contribution in [3.8, 4) is 0 Å². The number of nitrogens with zero attached hydrogens (tertiary/aromatic N) is 1. The number of aryl methyl sites for hydroxylation is 2. The number of benzene rings is 2. The number of para-hydroxylation sites is 1. The molecular formula is C19H22N2O2. The van der Waals surface area contributed by atoms with E-state index in [9.17, 15) is 4.79 Å². The summed E-state index contributed by atoms with van der Waals surface area (Å²) in [6.07, 6.45) is -0.173. The summed E-state index contributed by atoms with van der Waals surface area (Å²) in [5.74, 6) is 0.0429. The highest BCUT2D eigenvalue weighted by molar-refractivity contribution is 6.01. The summed E-state index contributed by atoms with van der Waals surface area (Å²) >= 11 is 0. The van der Waals surface area contributed by atoms with Crippen LogP contribution in [0, 0.1) is 13.8 Å². The van der Waals surface area contributed by atoms with E-state index in [1.807, 2.05) is 29.2 Å². The predicted molar refractivity (Wildman–Crippen MR) is 91.6 cm³/mol. The first-order valence-corrected chi connectivity index (χ1v) is 7.84. The number of nitrogens with one attached hydrogen (secondary N) is 1. The molecule has 3 rings (SSSR count). The molecule has 0 aromatic heterocycles. The Hall–Kier alpha value is -2.33. The van der Waals surface area contributed by atoms with Gasteiger partial charge in [-0.15, -0.1) is 0 Å². The number of ether oxygens (including phenoxy) is 1. The Labute approximate surface area is 137 Å². The Kier molecular flexibility index (Phi) is 4.35. The fourth-order valence-electron chi connectivity index (χ4n) is 3.09. The standard InChI is InChI=1S/C19H22N2O2/c1-13-8-9-15(14(2)12-13)18-20-17-7-5-4-6-16(17)19(22)21(18)10-11-23-3/h4-9,12,18,20H,10-11H2,1-3H3. The van der Waals surface area contributed by atoms with Gasteiger partial charge in [-0.2, -0.15) is 0 Å². The minimum atomic E-state index is -0.173. The molecule has 2 aromatic rings. The van der Waals surface area contributed by atoms with Crippen LogP contribution < -0.4 is 5.32 Å². The molecule has 23 heavy (non-hydrogen) atoms. The van der Waals surface area contributed by atoms with Gasteiger partial charge in [0.1, 0.15) is 6.17 Å². The fourth-order valence-corrected chi connectivity index (χ4v) is 3.09. The quantitative estimate of drug-likeness (QED) is 0.939. The molecule has 1 heterocycles. The van der Waals surface area contributed by atoms with Gasteiger partial charge in [0.05, 0.1) is 12.2 Å². The molecule has 4 nitrogen and oxygen atoms in total. The van der Waals surface area contributed by atoms with Gasteiger partial charge in [0.25, 0.3) is 5.91 Å². The minimum Gasteiger partial charge on any atom is -0.383 e. The zero-order valence-electron chi connectivity index (χ0n) is 13.8. The lowest BCUT2D eigenvalue weighted by molar-refractivity contribution is 0.0609. The van der Waals surface area contributed by atoms with Crippen LogP contribution in [0.1, 0.15) is 33.2 Å². The third-order valence-electron chi connectivity index (χ3n) is 4.28. The van der Waals surface area contributed by atoms with Crippen molar-refractivity contribution < 1.29 is 9.53 Å². The summed E-state index contributed by atoms with van der Waals surface area (Å²) in [6.45, 7) is 5.23. The largest absolute Gasteiger partial charge is 0.383 e. The molecule has 120 valence electrons. The molecule has 0 saturated heterocycles. The number of fused-ring (bicyclic) bond motifs is 1. The number of amides is 1. The lowest BCUT2D eigenvalue weighted by Gasteiger charge is -2.38. The maximum absolute atomic E-state index is 12.9. The molecule has 0 saturated carbocycles. The minimum absolute atomic E-state index is 0.0429. The zero-order chi connectivity index (χ0) is 16.4. The van der Waals surface area contributed by atoms with Crippen LogP contribution in [0.5, 0.6) is 0 Å². The molecule has 0 aliphatic carbocycles. The van der Waals surface area contributed by atoms with E-state index in [1.165, 1.54) is 11.1 Å². The molecule has 0 fully saturated rings. The van der Waals surface area contributed by atoms with Crippen LogP contribution in [0.3, 0.4) is 0 Å². The third kappa shape index (κ3) is 2.94. The molecular weight excluding hydrogens is 288 g/mol. The summed E-state index contributed by atoms with van der Waals surface area (Å²) in [5.41, 5.74) is 5.12. The van der Waals surface area contributed by atoms with E-state index in [-0.39, 0.29) is 12.1 Å². The highest BCUT2D eigenvalue weighted by atomic mass is 16.5. The van der Waals surface area contributed by atoms with E-state index in [2.05, 4.69) is 37.4 Å². The van der Waals surface area contributed by atoms with Crippen LogP contribution in [-0.4, -0.2) is 31.1 Å². The van der Waals surface area contributed by atoms with Crippen molar-refractivity contribution in [3.63, 3.8) is 0 Å². The van der Waals surface area contributed by atoms with Gasteiger partial charge in [-0.3, -0.25) is 4.79 Å². The van der Waals surface area contributed by atoms with Gasteiger partial charge in [-0.25, -0.2) is 0 Å². The molecule has 0 bridgehead atoms. The normalized spacial score (nSPS) is 16.9. The smallest absolute Gasteiger partial charge is 0.257 e. The van der Waals surface area contributed by atoms with E-state index in [1.54, 1.807) is 7.11 Å². The van der Waals surface area contributed by atoms with Crippen molar-refractivity contribution in [3.05, 3.63) is 64.7 Å². The Morgan fingerprint density at radius 3 is 2.70 bits per heavy atom. The molecule has 1 unspecified atom stereocenters. The number of methoxy groups -OCH3 is 1. The topological polar surface area (TPSA) is 41.6 Å². The van der Waals surface area contributed by atoms with Crippen LogP contribution in [0.4, 0.5) is 5.69 Å². The second-order valence-corrected chi connectivity index (χ2v) is 5.94. The van der Waals surface area contributed by atoms with E-state index >= 15 is 0 Å². The summed E-state index contributed by atoms with van der Waals surface area (Å²) in [7, 11) is 1.65. The summed E-state index contributed by atoms with van der Waals surface area (Å²) in [6, 6.07) is 14.0. The van der Waals surface area contributed by atoms with Crippen LogP contribution in [0.25, 0.3) is 0 Å². The molecule has 1 aliphatic rings. The number of carbonyl (C=O) groups excluding carboxylic acids is 1. The Morgan fingerprint density at radius 2 is 1.96 bits per heavy atom. The van der Waals surface area contributed by atoms with Gasteiger partial charge in [-0.1, -0.05) is 35.9 Å². The number of rotatable bonds is 4. The first-order valence-electron chi connectivity index (χ1n) is 7.84. The van der Waals surface area contributed by atoms with Gasteiger partial charge in [0.2, 0.25) is 0 Å². The Morgan fingerprint density at radius 1 is 1.17 bits per heavy atom. The molecule has 1 amide bonds. The van der Waals surface area contributed by atoms with Crippen molar-refractivity contribution in [1.82, 2.24) is 4.90 Å². The summed E-state index contributed by atoms with van der Waals surface area (Å²) in [5, 5.41) is 3.51. The average Bonchev–Trinajstić information content (AvgIpc) is 2.54. The first-order chi connectivity index (χ1) is 11.1. The first kappa shape index (κ1) is 15.6. The molecule has 1 N–H and O–H groups in total. The maximum atomic E-state index is 12.9. The van der Waals surface area contributed by atoms with E-state index < -0.39 is 0 Å². The lowest BCUT2D eigenvalue weighted by atomic mass is 9.99. The molecule has 2 aromatic carbocycles. The summed E-state index contributed by atoms with van der Waals surface area (Å²) in [4.78, 5) is 14.8. The van der Waals surface area contributed by atoms with E-state index in [0.717, 1.165) is 11.3 Å². The molecule has 0 radical (unpaired) electrons. The van der Waals surface area contributed by atoms with Gasteiger partial charge >= 0.3 is 0 Å². The molecule has 1 aliphatic heterocycles. The maximum Gasteiger partial charge on any atom is 0.257 e. The SMILES string of the molecule is COCCN1C(=O)c2ccccc2NC1c1ccc(C)cc1C. The second-order valence-electron chi connectivity index (χ2n) is 5.94. The highest BCUT2D eigenvalue weighted by Crippen LogP contribution is 2.34. The number of anilines is 1. The van der Waals surface area contributed by atoms with Crippen LogP contribution in [0.15, 0.2) is 42.5 Å². The Bertz CT molecular complexity index is 727. The number of hydrogen-bond donors (Lipinski definition) is 1. The van der Waals surface area contributed by atoms with Crippen molar-refractivity contribution in [2.75, 3.05) is 25.6 Å². The van der Waals surface area contributed by atoms with Crippen molar-refractivity contribution >= 4 is 11.6 Å². The molecule has 4 heteroatoms. The van der Waals surface area contributed by atoms with Crippen molar-refractivity contribution in [2.24, 2.45) is 0 Å². The zero-order valence-corrected chi connectivity index (χ0v) is 13.8. The third-order valence-corrected chi connectivity index (χ3v) is 4.28. The van der Waals surface area contributed by atoms with Crippen LogP contribution in [0.2, 0.25) is 0 Å². The van der Waals surface area contributed by atoms with Gasteiger partial charge < -0.3 is 15.0 Å². The van der Waals surface area contributed by atoms with Crippen molar-refractivity contribution in [1.29, 1.82) is 0 Å². The lowest BCUT2D eigenvalue weighted by Crippen LogP contribution is -2.44. The van der Waals surface area contributed by atoms with E-state index in [0.29, 0.717) is 18.7 Å². The van der Waals surface area contributed by atoms with Crippen LogP contribution in [-0.2, 0) is 4.74 Å².